The highest BCUT2D eigenvalue weighted by atomic mass is 16.5. The van der Waals surface area contributed by atoms with E-state index < -0.39 is 0 Å². The standard InChI is InChI=1S/C17H28N2O/c1-4-11-18-17(15-6-5-12-20-13-15)14-7-9-16(10-8-14)19(2)3/h7-10,15,17-18H,4-6,11-13H2,1-3H3. The van der Waals surface area contributed by atoms with Crippen LogP contribution in [0.3, 0.4) is 0 Å². The van der Waals surface area contributed by atoms with E-state index in [1.54, 1.807) is 0 Å². The van der Waals surface area contributed by atoms with Crippen LogP contribution in [-0.4, -0.2) is 33.9 Å². The van der Waals surface area contributed by atoms with Gasteiger partial charge >= 0.3 is 0 Å². The lowest BCUT2D eigenvalue weighted by Crippen LogP contribution is -2.33. The van der Waals surface area contributed by atoms with Crippen molar-refractivity contribution in [3.63, 3.8) is 0 Å². The number of anilines is 1. The number of hydrogen-bond acceptors (Lipinski definition) is 3. The van der Waals surface area contributed by atoms with Gasteiger partial charge in [0.25, 0.3) is 0 Å². The predicted molar refractivity (Wildman–Crippen MR) is 85.3 cm³/mol. The smallest absolute Gasteiger partial charge is 0.0512 e. The van der Waals surface area contributed by atoms with E-state index in [0.717, 1.165) is 19.8 Å². The van der Waals surface area contributed by atoms with Crippen molar-refractivity contribution in [3.8, 4) is 0 Å². The molecule has 2 rings (SSSR count). The van der Waals surface area contributed by atoms with E-state index >= 15 is 0 Å². The van der Waals surface area contributed by atoms with Crippen LogP contribution >= 0.6 is 0 Å². The molecule has 0 saturated carbocycles. The van der Waals surface area contributed by atoms with Gasteiger partial charge in [-0.15, -0.1) is 0 Å². The summed E-state index contributed by atoms with van der Waals surface area (Å²) in [6.45, 7) is 5.10. The van der Waals surface area contributed by atoms with Crippen molar-refractivity contribution in [2.75, 3.05) is 38.8 Å². The Hall–Kier alpha value is -1.06. The molecule has 3 nitrogen and oxygen atoms in total. The number of hydrogen-bond donors (Lipinski definition) is 1. The summed E-state index contributed by atoms with van der Waals surface area (Å²) in [6.07, 6.45) is 3.61. The molecule has 1 aliphatic rings. The highest BCUT2D eigenvalue weighted by Crippen LogP contribution is 2.29. The second-order valence-corrected chi connectivity index (χ2v) is 5.89. The first-order valence-electron chi connectivity index (χ1n) is 7.80. The molecule has 2 unspecified atom stereocenters. The molecule has 0 aromatic heterocycles. The number of benzene rings is 1. The van der Waals surface area contributed by atoms with Crippen molar-refractivity contribution in [1.82, 2.24) is 5.32 Å². The molecule has 1 aromatic rings. The molecule has 1 saturated heterocycles. The van der Waals surface area contributed by atoms with Crippen LogP contribution in [0.4, 0.5) is 5.69 Å². The summed E-state index contributed by atoms with van der Waals surface area (Å²) in [7, 11) is 4.16. The summed E-state index contributed by atoms with van der Waals surface area (Å²) < 4.78 is 5.68. The van der Waals surface area contributed by atoms with Crippen molar-refractivity contribution < 1.29 is 4.74 Å². The molecule has 2 atom stereocenters. The SMILES string of the molecule is CCCNC(c1ccc(N(C)C)cc1)C1CCCOC1. The summed E-state index contributed by atoms with van der Waals surface area (Å²) in [4.78, 5) is 2.14. The third-order valence-corrected chi connectivity index (χ3v) is 4.05. The fourth-order valence-corrected chi connectivity index (χ4v) is 2.86. The van der Waals surface area contributed by atoms with Gasteiger partial charge in [0.2, 0.25) is 0 Å². The quantitative estimate of drug-likeness (QED) is 0.863. The lowest BCUT2D eigenvalue weighted by molar-refractivity contribution is 0.0390. The molecule has 20 heavy (non-hydrogen) atoms. The van der Waals surface area contributed by atoms with Crippen LogP contribution in [0, 0.1) is 5.92 Å². The third kappa shape index (κ3) is 3.97. The molecule has 0 amide bonds. The van der Waals surface area contributed by atoms with Crippen molar-refractivity contribution in [2.24, 2.45) is 5.92 Å². The van der Waals surface area contributed by atoms with Crippen LogP contribution in [0.1, 0.15) is 37.8 Å². The van der Waals surface area contributed by atoms with E-state index in [9.17, 15) is 0 Å². The molecular formula is C17H28N2O. The number of ether oxygens (including phenoxy) is 1. The third-order valence-electron chi connectivity index (χ3n) is 4.05. The summed E-state index contributed by atoms with van der Waals surface area (Å²) in [5.74, 6) is 0.598. The molecule has 3 heteroatoms. The Kier molecular flexibility index (Phi) is 5.86. The van der Waals surface area contributed by atoms with Gasteiger partial charge in [-0.2, -0.15) is 0 Å². The van der Waals surface area contributed by atoms with E-state index in [1.165, 1.54) is 30.5 Å². The van der Waals surface area contributed by atoms with Gasteiger partial charge in [0.1, 0.15) is 0 Å². The van der Waals surface area contributed by atoms with E-state index in [1.807, 2.05) is 0 Å². The minimum absolute atomic E-state index is 0.423. The molecule has 0 radical (unpaired) electrons. The molecule has 1 aromatic carbocycles. The monoisotopic (exact) mass is 276 g/mol. The molecule has 0 bridgehead atoms. The Morgan fingerprint density at radius 1 is 1.30 bits per heavy atom. The van der Waals surface area contributed by atoms with Gasteiger partial charge < -0.3 is 15.0 Å². The van der Waals surface area contributed by atoms with Gasteiger partial charge in [0.15, 0.2) is 0 Å². The summed E-state index contributed by atoms with van der Waals surface area (Å²) in [5, 5.41) is 3.71. The number of nitrogens with zero attached hydrogens (tertiary/aromatic N) is 1. The molecule has 1 heterocycles. The van der Waals surface area contributed by atoms with Gasteiger partial charge in [-0.05, 0) is 43.5 Å². The minimum Gasteiger partial charge on any atom is -0.381 e. The van der Waals surface area contributed by atoms with E-state index in [-0.39, 0.29) is 0 Å². The topological polar surface area (TPSA) is 24.5 Å². The molecule has 1 fully saturated rings. The van der Waals surface area contributed by atoms with Crippen LogP contribution in [0.2, 0.25) is 0 Å². The highest BCUT2D eigenvalue weighted by Gasteiger charge is 2.25. The van der Waals surface area contributed by atoms with Gasteiger partial charge in [0, 0.05) is 38.3 Å². The average Bonchev–Trinajstić information content (AvgIpc) is 2.49. The second kappa shape index (κ2) is 7.65. The van der Waals surface area contributed by atoms with Gasteiger partial charge in [0.05, 0.1) is 6.61 Å². The van der Waals surface area contributed by atoms with Crippen molar-refractivity contribution in [1.29, 1.82) is 0 Å². The van der Waals surface area contributed by atoms with Crippen LogP contribution in [0.5, 0.6) is 0 Å². The number of rotatable bonds is 6. The van der Waals surface area contributed by atoms with Crippen LogP contribution in [0.15, 0.2) is 24.3 Å². The maximum absolute atomic E-state index is 5.68. The zero-order valence-corrected chi connectivity index (χ0v) is 13.1. The molecule has 112 valence electrons. The van der Waals surface area contributed by atoms with Crippen molar-refractivity contribution >= 4 is 5.69 Å². The first-order valence-corrected chi connectivity index (χ1v) is 7.80. The van der Waals surface area contributed by atoms with E-state index in [4.69, 9.17) is 4.74 Å². The van der Waals surface area contributed by atoms with Gasteiger partial charge in [-0.25, -0.2) is 0 Å². The summed E-state index contributed by atoms with van der Waals surface area (Å²) in [6, 6.07) is 9.36. The second-order valence-electron chi connectivity index (χ2n) is 5.89. The first-order chi connectivity index (χ1) is 9.72. The highest BCUT2D eigenvalue weighted by molar-refractivity contribution is 5.46. The molecule has 0 spiro atoms. The fraction of sp³-hybridized carbons (Fsp3) is 0.647. The van der Waals surface area contributed by atoms with Crippen LogP contribution < -0.4 is 10.2 Å². The van der Waals surface area contributed by atoms with Gasteiger partial charge in [-0.1, -0.05) is 19.1 Å². The molecule has 0 aliphatic carbocycles. The zero-order chi connectivity index (χ0) is 14.4. The zero-order valence-electron chi connectivity index (χ0n) is 13.1. The lowest BCUT2D eigenvalue weighted by atomic mass is 9.88. The lowest BCUT2D eigenvalue weighted by Gasteiger charge is -2.31. The molecule has 1 aliphatic heterocycles. The Labute approximate surface area is 123 Å². The predicted octanol–water partition coefficient (Wildman–Crippen LogP) is 3.22. The molecule has 1 N–H and O–H groups in total. The largest absolute Gasteiger partial charge is 0.381 e. The fourth-order valence-electron chi connectivity index (χ4n) is 2.86. The average molecular weight is 276 g/mol. The number of nitrogens with one attached hydrogen (secondary N) is 1. The minimum atomic E-state index is 0.423. The Bertz CT molecular complexity index is 382. The van der Waals surface area contributed by atoms with E-state index in [0.29, 0.717) is 12.0 Å². The Morgan fingerprint density at radius 2 is 2.05 bits per heavy atom. The maximum Gasteiger partial charge on any atom is 0.0512 e. The molecular weight excluding hydrogens is 248 g/mol. The van der Waals surface area contributed by atoms with Crippen molar-refractivity contribution in [3.05, 3.63) is 29.8 Å². The van der Waals surface area contributed by atoms with Crippen LogP contribution in [0.25, 0.3) is 0 Å². The Balaban J connectivity index is 2.11. The summed E-state index contributed by atoms with van der Waals surface area (Å²) >= 11 is 0. The maximum atomic E-state index is 5.68. The normalized spacial score (nSPS) is 20.6. The van der Waals surface area contributed by atoms with Gasteiger partial charge in [-0.3, -0.25) is 0 Å². The van der Waals surface area contributed by atoms with Crippen molar-refractivity contribution in [2.45, 2.75) is 32.2 Å². The van der Waals surface area contributed by atoms with Crippen LogP contribution in [-0.2, 0) is 4.74 Å². The Morgan fingerprint density at radius 3 is 2.60 bits per heavy atom. The summed E-state index contributed by atoms with van der Waals surface area (Å²) in [5.41, 5.74) is 2.64. The first kappa shape index (κ1) is 15.3. The van der Waals surface area contributed by atoms with E-state index in [2.05, 4.69) is 55.5 Å².